The van der Waals surface area contributed by atoms with Crippen LogP contribution in [0.4, 0.5) is 0 Å². The molecule has 7 heteroatoms. The third-order valence-electron chi connectivity index (χ3n) is 2.62. The number of piperazine rings is 1. The molecule has 0 saturated carbocycles. The second-order valence-corrected chi connectivity index (χ2v) is 3.95. The van der Waals surface area contributed by atoms with Crippen LogP contribution in [0.25, 0.3) is 0 Å². The van der Waals surface area contributed by atoms with Crippen LogP contribution in [0.1, 0.15) is 12.6 Å². The Labute approximate surface area is 113 Å². The summed E-state index contributed by atoms with van der Waals surface area (Å²) in [4.78, 5) is 13.8. The van der Waals surface area contributed by atoms with Crippen molar-refractivity contribution in [3.63, 3.8) is 0 Å². The smallest absolute Gasteiger partial charge is 0.228 e. The molecule has 98 valence electrons. The van der Waals surface area contributed by atoms with E-state index in [1.807, 2.05) is 11.0 Å². The van der Waals surface area contributed by atoms with Gasteiger partial charge in [0.25, 0.3) is 0 Å². The van der Waals surface area contributed by atoms with Crippen molar-refractivity contribution in [2.45, 2.75) is 19.4 Å². The fourth-order valence-electron chi connectivity index (χ4n) is 1.82. The van der Waals surface area contributed by atoms with E-state index >= 15 is 0 Å². The minimum absolute atomic E-state index is 0. The van der Waals surface area contributed by atoms with E-state index in [0.29, 0.717) is 12.5 Å². The van der Waals surface area contributed by atoms with E-state index in [9.17, 15) is 4.79 Å². The summed E-state index contributed by atoms with van der Waals surface area (Å²) in [6.45, 7) is 4.58. The van der Waals surface area contributed by atoms with Crippen LogP contribution in [-0.2, 0) is 11.2 Å². The molecule has 0 bridgehead atoms. The van der Waals surface area contributed by atoms with Crippen LogP contribution in [-0.4, -0.2) is 46.7 Å². The summed E-state index contributed by atoms with van der Waals surface area (Å²) in [5.41, 5.74) is 0.881. The van der Waals surface area contributed by atoms with Crippen LogP contribution in [0.3, 0.4) is 0 Å². The number of nitrogens with one attached hydrogen (secondary N) is 2. The fourth-order valence-corrected chi connectivity index (χ4v) is 1.82. The van der Waals surface area contributed by atoms with Gasteiger partial charge in [0.2, 0.25) is 5.91 Å². The Balaban J connectivity index is 0.00000128. The summed E-state index contributed by atoms with van der Waals surface area (Å²) >= 11 is 0. The van der Waals surface area contributed by atoms with Gasteiger partial charge in [-0.1, -0.05) is 0 Å². The highest BCUT2D eigenvalue weighted by Crippen LogP contribution is 2.03. The lowest BCUT2D eigenvalue weighted by molar-refractivity contribution is -0.131. The van der Waals surface area contributed by atoms with E-state index < -0.39 is 0 Å². The largest absolute Gasteiger partial charge is 0.340 e. The Kier molecular flexibility index (Phi) is 7.18. The molecule has 0 aliphatic carbocycles. The summed E-state index contributed by atoms with van der Waals surface area (Å²) in [6.07, 6.45) is 2.09. The van der Waals surface area contributed by atoms with Gasteiger partial charge in [0.15, 0.2) is 0 Å². The zero-order chi connectivity index (χ0) is 10.7. The normalized spacial score (nSPS) is 19.1. The maximum atomic E-state index is 11.9. The number of carbonyl (C=O) groups is 1. The van der Waals surface area contributed by atoms with Gasteiger partial charge in [-0.25, -0.2) is 0 Å². The second-order valence-electron chi connectivity index (χ2n) is 3.95. The zero-order valence-electron chi connectivity index (χ0n) is 9.68. The molecule has 1 aromatic heterocycles. The van der Waals surface area contributed by atoms with Crippen LogP contribution in [0.5, 0.6) is 0 Å². The Morgan fingerprint density at radius 2 is 2.35 bits per heavy atom. The molecule has 2 heterocycles. The number of rotatable bonds is 2. The maximum Gasteiger partial charge on any atom is 0.228 e. The van der Waals surface area contributed by atoms with Crippen LogP contribution in [0, 0.1) is 0 Å². The van der Waals surface area contributed by atoms with E-state index in [-0.39, 0.29) is 30.7 Å². The molecule has 0 radical (unpaired) electrons. The van der Waals surface area contributed by atoms with E-state index in [1.165, 1.54) is 0 Å². The average molecular weight is 281 g/mol. The Bertz CT molecular complexity index is 331. The second kappa shape index (κ2) is 7.53. The lowest BCUT2D eigenvalue weighted by Gasteiger charge is -2.31. The highest BCUT2D eigenvalue weighted by molar-refractivity contribution is 5.85. The van der Waals surface area contributed by atoms with E-state index in [1.54, 1.807) is 6.20 Å². The molecule has 1 saturated heterocycles. The van der Waals surface area contributed by atoms with Gasteiger partial charge in [-0.2, -0.15) is 5.10 Å². The number of aromatic nitrogens is 2. The van der Waals surface area contributed by atoms with Crippen molar-refractivity contribution in [1.82, 2.24) is 20.4 Å². The van der Waals surface area contributed by atoms with Crippen LogP contribution in [0.2, 0.25) is 0 Å². The van der Waals surface area contributed by atoms with Crippen molar-refractivity contribution in [2.24, 2.45) is 0 Å². The van der Waals surface area contributed by atoms with Crippen molar-refractivity contribution in [3.8, 4) is 0 Å². The lowest BCUT2D eigenvalue weighted by atomic mass is 10.2. The van der Waals surface area contributed by atoms with Gasteiger partial charge in [-0.15, -0.1) is 24.8 Å². The van der Waals surface area contributed by atoms with Gasteiger partial charge in [0.1, 0.15) is 0 Å². The molecule has 2 rings (SSSR count). The van der Waals surface area contributed by atoms with E-state index in [4.69, 9.17) is 0 Å². The molecule has 2 N–H and O–H groups in total. The van der Waals surface area contributed by atoms with Gasteiger partial charge in [0.05, 0.1) is 6.42 Å². The number of H-pyrrole nitrogens is 1. The quantitative estimate of drug-likeness (QED) is 0.835. The van der Waals surface area contributed by atoms with Crippen molar-refractivity contribution in [2.75, 3.05) is 19.6 Å². The van der Waals surface area contributed by atoms with E-state index in [0.717, 1.165) is 25.3 Å². The zero-order valence-corrected chi connectivity index (χ0v) is 11.3. The number of carbonyl (C=O) groups excluding carboxylic acids is 1. The summed E-state index contributed by atoms with van der Waals surface area (Å²) in [6, 6.07) is 2.23. The summed E-state index contributed by atoms with van der Waals surface area (Å²) in [5.74, 6) is 0.174. The van der Waals surface area contributed by atoms with Crippen molar-refractivity contribution < 1.29 is 4.79 Å². The third kappa shape index (κ3) is 4.53. The van der Waals surface area contributed by atoms with Gasteiger partial charge in [0, 0.05) is 37.6 Å². The minimum Gasteiger partial charge on any atom is -0.340 e. The van der Waals surface area contributed by atoms with Crippen LogP contribution >= 0.6 is 24.8 Å². The first-order valence-electron chi connectivity index (χ1n) is 5.25. The Hall–Kier alpha value is -0.780. The molecule has 1 fully saturated rings. The molecule has 5 nitrogen and oxygen atoms in total. The first kappa shape index (κ1) is 16.2. The highest BCUT2D eigenvalue weighted by Gasteiger charge is 2.20. The Morgan fingerprint density at radius 3 is 2.94 bits per heavy atom. The topological polar surface area (TPSA) is 61.0 Å². The Morgan fingerprint density at radius 1 is 1.59 bits per heavy atom. The van der Waals surface area contributed by atoms with Crippen molar-refractivity contribution in [1.29, 1.82) is 0 Å². The number of aromatic amines is 1. The number of amides is 1. The molecule has 1 aliphatic heterocycles. The van der Waals surface area contributed by atoms with Gasteiger partial charge >= 0.3 is 0 Å². The molecule has 17 heavy (non-hydrogen) atoms. The number of nitrogens with zero attached hydrogens (tertiary/aromatic N) is 2. The maximum absolute atomic E-state index is 11.9. The minimum atomic E-state index is 0. The monoisotopic (exact) mass is 280 g/mol. The SMILES string of the molecule is CC1CN(C(=O)Cc2ccn[nH]2)CCN1.Cl.Cl. The van der Waals surface area contributed by atoms with Gasteiger partial charge in [-0.05, 0) is 13.0 Å². The first-order valence-corrected chi connectivity index (χ1v) is 5.25. The molecule has 0 spiro atoms. The van der Waals surface area contributed by atoms with Crippen LogP contribution < -0.4 is 5.32 Å². The van der Waals surface area contributed by atoms with Gasteiger partial charge < -0.3 is 10.2 Å². The summed E-state index contributed by atoms with van der Waals surface area (Å²) in [5, 5.41) is 9.94. The summed E-state index contributed by atoms with van der Waals surface area (Å²) in [7, 11) is 0. The molecule has 1 amide bonds. The van der Waals surface area contributed by atoms with Crippen molar-refractivity contribution >= 4 is 30.7 Å². The average Bonchev–Trinajstić information content (AvgIpc) is 2.70. The predicted octanol–water partition coefficient (Wildman–Crippen LogP) is 0.616. The summed E-state index contributed by atoms with van der Waals surface area (Å²) < 4.78 is 0. The molecule has 0 aromatic carbocycles. The first-order chi connectivity index (χ1) is 7.25. The number of hydrogen-bond donors (Lipinski definition) is 2. The predicted molar refractivity (Wildman–Crippen MR) is 70.8 cm³/mol. The lowest BCUT2D eigenvalue weighted by Crippen LogP contribution is -2.51. The van der Waals surface area contributed by atoms with E-state index in [2.05, 4.69) is 22.4 Å². The standard InChI is InChI=1S/C10H16N4O.2ClH/c1-8-7-14(5-4-11-8)10(15)6-9-2-3-12-13-9;;/h2-3,8,11H,4-7H2,1H3,(H,12,13);2*1H. The number of hydrogen-bond acceptors (Lipinski definition) is 3. The molecule has 1 aromatic rings. The van der Waals surface area contributed by atoms with Crippen LogP contribution in [0.15, 0.2) is 12.3 Å². The fraction of sp³-hybridized carbons (Fsp3) is 0.600. The third-order valence-corrected chi connectivity index (χ3v) is 2.62. The van der Waals surface area contributed by atoms with Crippen molar-refractivity contribution in [3.05, 3.63) is 18.0 Å². The molecular weight excluding hydrogens is 263 g/mol. The molecule has 1 aliphatic rings. The number of halogens is 2. The molecule has 1 atom stereocenters. The molecular formula is C10H18Cl2N4O. The molecule has 1 unspecified atom stereocenters. The van der Waals surface area contributed by atoms with Gasteiger partial charge in [-0.3, -0.25) is 9.89 Å². The highest BCUT2D eigenvalue weighted by atomic mass is 35.5.